The summed E-state index contributed by atoms with van der Waals surface area (Å²) < 4.78 is 5.30. The van der Waals surface area contributed by atoms with Crippen LogP contribution in [-0.2, 0) is 0 Å². The molecule has 0 aliphatic rings. The van der Waals surface area contributed by atoms with Gasteiger partial charge in [-0.2, -0.15) is 0 Å². The van der Waals surface area contributed by atoms with E-state index in [2.05, 4.69) is 15.3 Å². The van der Waals surface area contributed by atoms with Gasteiger partial charge in [-0.25, -0.2) is 4.98 Å². The first-order valence-electron chi connectivity index (χ1n) is 5.78. The zero-order valence-electron chi connectivity index (χ0n) is 10.3. The van der Waals surface area contributed by atoms with Crippen molar-refractivity contribution in [3.05, 3.63) is 52.7 Å². The fourth-order valence-electron chi connectivity index (χ4n) is 1.49. The van der Waals surface area contributed by atoms with E-state index in [0.29, 0.717) is 12.3 Å². The van der Waals surface area contributed by atoms with Crippen molar-refractivity contribution in [2.24, 2.45) is 0 Å². The fourth-order valence-corrected chi connectivity index (χ4v) is 1.49. The Balaban J connectivity index is 2.08. The van der Waals surface area contributed by atoms with Gasteiger partial charge in [0.15, 0.2) is 0 Å². The van der Waals surface area contributed by atoms with Crippen LogP contribution in [0.1, 0.15) is 17.4 Å². The van der Waals surface area contributed by atoms with Crippen LogP contribution in [-0.4, -0.2) is 22.5 Å². The van der Waals surface area contributed by atoms with E-state index in [1.54, 1.807) is 24.3 Å². The molecule has 0 bridgehead atoms. The van der Waals surface area contributed by atoms with Gasteiger partial charge in [-0.3, -0.25) is 9.59 Å². The Morgan fingerprint density at radius 1 is 1.37 bits per heavy atom. The number of nitrogens with one attached hydrogen (secondary N) is 2. The third-order valence-corrected chi connectivity index (χ3v) is 2.33. The lowest BCUT2D eigenvalue weighted by Crippen LogP contribution is -2.17. The quantitative estimate of drug-likeness (QED) is 0.869. The molecule has 0 aliphatic heterocycles. The van der Waals surface area contributed by atoms with Crippen molar-refractivity contribution < 1.29 is 9.53 Å². The Morgan fingerprint density at radius 2 is 2.11 bits per heavy atom. The minimum atomic E-state index is -0.435. The Morgan fingerprint density at radius 3 is 2.74 bits per heavy atom. The number of nitrogens with zero attached hydrogens (tertiary/aromatic N) is 1. The third-order valence-electron chi connectivity index (χ3n) is 2.33. The molecule has 2 N–H and O–H groups in total. The molecule has 0 radical (unpaired) electrons. The van der Waals surface area contributed by atoms with Gasteiger partial charge in [-0.05, 0) is 31.2 Å². The topological polar surface area (TPSA) is 84.1 Å². The number of carbonyl (C=O) groups excluding carboxylic acids is 1. The molecule has 0 atom stereocenters. The number of ether oxygens (including phenoxy) is 1. The van der Waals surface area contributed by atoms with E-state index in [1.807, 2.05) is 6.92 Å². The maximum absolute atomic E-state index is 11.8. The van der Waals surface area contributed by atoms with Crippen molar-refractivity contribution in [1.29, 1.82) is 0 Å². The van der Waals surface area contributed by atoms with Crippen LogP contribution in [0.3, 0.4) is 0 Å². The smallest absolute Gasteiger partial charge is 0.274 e. The average molecular weight is 259 g/mol. The summed E-state index contributed by atoms with van der Waals surface area (Å²) >= 11 is 0. The lowest BCUT2D eigenvalue weighted by molar-refractivity contribution is 0.102. The van der Waals surface area contributed by atoms with E-state index in [1.165, 1.54) is 6.33 Å². The summed E-state index contributed by atoms with van der Waals surface area (Å²) in [4.78, 5) is 29.0. The highest BCUT2D eigenvalue weighted by molar-refractivity contribution is 6.02. The van der Waals surface area contributed by atoms with Crippen LogP contribution in [0.2, 0.25) is 0 Å². The maximum atomic E-state index is 11.8. The number of hydrogen-bond acceptors (Lipinski definition) is 4. The zero-order valence-corrected chi connectivity index (χ0v) is 10.3. The number of benzene rings is 1. The van der Waals surface area contributed by atoms with Gasteiger partial charge in [0, 0.05) is 11.8 Å². The summed E-state index contributed by atoms with van der Waals surface area (Å²) in [5.41, 5.74) is 0.306. The Labute approximate surface area is 109 Å². The number of aromatic amines is 1. The van der Waals surface area contributed by atoms with Gasteiger partial charge in [-0.15, -0.1) is 0 Å². The summed E-state index contributed by atoms with van der Waals surface area (Å²) in [6.07, 6.45) is 1.19. The molecular weight excluding hydrogens is 246 g/mol. The van der Waals surface area contributed by atoms with Crippen LogP contribution in [0.5, 0.6) is 5.75 Å². The van der Waals surface area contributed by atoms with Crippen molar-refractivity contribution in [3.8, 4) is 5.75 Å². The number of hydrogen-bond donors (Lipinski definition) is 2. The van der Waals surface area contributed by atoms with Crippen molar-refractivity contribution in [3.63, 3.8) is 0 Å². The van der Waals surface area contributed by atoms with Crippen LogP contribution < -0.4 is 15.6 Å². The number of rotatable bonds is 4. The summed E-state index contributed by atoms with van der Waals surface area (Å²) in [5, 5.41) is 2.64. The van der Waals surface area contributed by atoms with Crippen LogP contribution in [0.4, 0.5) is 5.69 Å². The summed E-state index contributed by atoms with van der Waals surface area (Å²) in [5.74, 6) is 0.296. The molecule has 1 amide bonds. The zero-order chi connectivity index (χ0) is 13.7. The second kappa shape index (κ2) is 5.81. The molecule has 0 fully saturated rings. The SMILES string of the molecule is CCOc1ccc(NC(=O)c2cc(=O)[nH]cn2)cc1. The van der Waals surface area contributed by atoms with Crippen LogP contribution in [0.25, 0.3) is 0 Å². The largest absolute Gasteiger partial charge is 0.494 e. The Bertz CT molecular complexity index is 620. The first kappa shape index (κ1) is 12.8. The van der Waals surface area contributed by atoms with Gasteiger partial charge in [0.05, 0.1) is 12.9 Å². The van der Waals surface area contributed by atoms with E-state index in [9.17, 15) is 9.59 Å². The first-order chi connectivity index (χ1) is 9.19. The minimum Gasteiger partial charge on any atom is -0.494 e. The molecule has 0 aliphatic carbocycles. The summed E-state index contributed by atoms with van der Waals surface area (Å²) in [7, 11) is 0. The number of anilines is 1. The summed E-state index contributed by atoms with van der Waals surface area (Å²) in [6, 6.07) is 8.09. The number of aromatic nitrogens is 2. The van der Waals surface area contributed by atoms with Gasteiger partial charge in [-0.1, -0.05) is 0 Å². The summed E-state index contributed by atoms with van der Waals surface area (Å²) in [6.45, 7) is 2.48. The van der Waals surface area contributed by atoms with Crippen LogP contribution >= 0.6 is 0 Å². The van der Waals surface area contributed by atoms with E-state index in [-0.39, 0.29) is 11.3 Å². The highest BCUT2D eigenvalue weighted by Crippen LogP contribution is 2.15. The van der Waals surface area contributed by atoms with E-state index in [0.717, 1.165) is 11.8 Å². The molecule has 2 aromatic rings. The van der Waals surface area contributed by atoms with Crippen molar-refractivity contribution >= 4 is 11.6 Å². The molecule has 6 nitrogen and oxygen atoms in total. The predicted octanol–water partition coefficient (Wildman–Crippen LogP) is 1.42. The van der Waals surface area contributed by atoms with E-state index in [4.69, 9.17) is 4.74 Å². The van der Waals surface area contributed by atoms with E-state index >= 15 is 0 Å². The molecule has 0 unspecified atom stereocenters. The molecular formula is C13H13N3O3. The molecule has 0 saturated heterocycles. The lowest BCUT2D eigenvalue weighted by atomic mass is 10.3. The molecule has 98 valence electrons. The molecule has 19 heavy (non-hydrogen) atoms. The number of H-pyrrole nitrogens is 1. The monoisotopic (exact) mass is 259 g/mol. The first-order valence-corrected chi connectivity index (χ1v) is 5.78. The Kier molecular flexibility index (Phi) is 3.92. The highest BCUT2D eigenvalue weighted by Gasteiger charge is 2.07. The second-order valence-electron chi connectivity index (χ2n) is 3.71. The van der Waals surface area contributed by atoms with Crippen molar-refractivity contribution in [2.45, 2.75) is 6.92 Å². The van der Waals surface area contributed by atoms with Gasteiger partial charge in [0.2, 0.25) is 0 Å². The molecule has 0 spiro atoms. The van der Waals surface area contributed by atoms with Gasteiger partial charge < -0.3 is 15.0 Å². The van der Waals surface area contributed by atoms with Gasteiger partial charge in [0.25, 0.3) is 11.5 Å². The molecule has 6 heteroatoms. The molecule has 0 saturated carbocycles. The van der Waals surface area contributed by atoms with Crippen molar-refractivity contribution in [2.75, 3.05) is 11.9 Å². The molecule has 2 rings (SSSR count). The molecule has 1 heterocycles. The van der Waals surface area contributed by atoms with Gasteiger partial charge in [0.1, 0.15) is 11.4 Å². The third kappa shape index (κ3) is 3.41. The lowest BCUT2D eigenvalue weighted by Gasteiger charge is -2.06. The fraction of sp³-hybridized carbons (Fsp3) is 0.154. The minimum absolute atomic E-state index is 0.0673. The maximum Gasteiger partial charge on any atom is 0.274 e. The molecule has 1 aromatic heterocycles. The normalized spacial score (nSPS) is 9.95. The second-order valence-corrected chi connectivity index (χ2v) is 3.71. The Hall–Kier alpha value is -2.63. The number of amides is 1. The van der Waals surface area contributed by atoms with Crippen LogP contribution in [0, 0.1) is 0 Å². The standard InChI is InChI=1S/C13H13N3O3/c1-2-19-10-5-3-9(4-6-10)16-13(18)11-7-12(17)15-8-14-11/h3-8H,2H2,1H3,(H,16,18)(H,14,15,17). The average Bonchev–Trinajstić information content (AvgIpc) is 2.41. The predicted molar refractivity (Wildman–Crippen MR) is 70.4 cm³/mol. The van der Waals surface area contributed by atoms with Crippen LogP contribution in [0.15, 0.2) is 41.5 Å². The number of carbonyl (C=O) groups is 1. The van der Waals surface area contributed by atoms with Crippen molar-refractivity contribution in [1.82, 2.24) is 9.97 Å². The highest BCUT2D eigenvalue weighted by atomic mass is 16.5. The van der Waals surface area contributed by atoms with E-state index < -0.39 is 5.91 Å². The molecule has 1 aromatic carbocycles. The van der Waals surface area contributed by atoms with Gasteiger partial charge >= 0.3 is 0 Å².